The summed E-state index contributed by atoms with van der Waals surface area (Å²) in [5.41, 5.74) is 12.7. The van der Waals surface area contributed by atoms with Crippen LogP contribution in [0.3, 0.4) is 0 Å². The van der Waals surface area contributed by atoms with Gasteiger partial charge in [-0.3, -0.25) is 47.9 Å². The average Bonchev–Trinajstić information content (AvgIpc) is 3.91. The number of rotatable bonds is 33. The molecular weight excluding hydrogens is 979 g/mol. The van der Waals surface area contributed by atoms with E-state index in [0.29, 0.717) is 29.7 Å². The quantitative estimate of drug-likeness (QED) is 0.0233. The van der Waals surface area contributed by atoms with Crippen LogP contribution in [0.1, 0.15) is 55.8 Å². The van der Waals surface area contributed by atoms with Crippen molar-refractivity contribution in [2.45, 2.75) is 101 Å². The van der Waals surface area contributed by atoms with Gasteiger partial charge in [0.1, 0.15) is 42.9 Å². The lowest BCUT2D eigenvalue weighted by molar-refractivity contribution is -0.136. The van der Waals surface area contributed by atoms with Crippen molar-refractivity contribution >= 4 is 65.5 Å². The summed E-state index contributed by atoms with van der Waals surface area (Å²) in [6.45, 7) is -0.742. The summed E-state index contributed by atoms with van der Waals surface area (Å²) in [7, 11) is 0. The van der Waals surface area contributed by atoms with Crippen molar-refractivity contribution in [3.05, 3.63) is 53.6 Å². The number of unbranched alkanes of at least 4 members (excludes halogenated alkanes) is 1. The molecule has 29 heteroatoms. The molecule has 0 bridgehead atoms. The van der Waals surface area contributed by atoms with Crippen molar-refractivity contribution in [1.29, 1.82) is 0 Å². The number of ketones is 1. The number of imidazole rings is 1. The number of aromatic nitrogens is 2. The molecule has 1 aliphatic rings. The van der Waals surface area contributed by atoms with Crippen molar-refractivity contribution in [2.24, 2.45) is 11.5 Å². The molecule has 74 heavy (non-hydrogen) atoms. The van der Waals surface area contributed by atoms with Gasteiger partial charge < -0.3 is 88.7 Å². The smallest absolute Gasteiger partial charge is 0.318 e. The lowest BCUT2D eigenvalue weighted by Gasteiger charge is -2.29. The Balaban J connectivity index is 1.63. The Kier molecular flexibility index (Phi) is 26.6. The molecule has 0 aliphatic carbocycles. The van der Waals surface area contributed by atoms with Crippen LogP contribution in [0, 0.1) is 0 Å². The minimum absolute atomic E-state index is 0.0534. The largest absolute Gasteiger partial charge is 0.463 e. The Morgan fingerprint density at radius 1 is 0.730 bits per heavy atom. The summed E-state index contributed by atoms with van der Waals surface area (Å²) in [6.07, 6.45) is 2.26. The van der Waals surface area contributed by atoms with Gasteiger partial charge in [-0.2, -0.15) is 0 Å². The fraction of sp³-hybridized carbons (Fsp3) is 0.556. The van der Waals surface area contributed by atoms with Crippen LogP contribution >= 0.6 is 0 Å². The van der Waals surface area contributed by atoms with Gasteiger partial charge in [0.2, 0.25) is 47.3 Å². The first-order chi connectivity index (χ1) is 35.4. The molecular formula is C45H67N13O16. The van der Waals surface area contributed by atoms with Gasteiger partial charge in [-0.25, -0.2) is 9.78 Å². The maximum Gasteiger partial charge on any atom is 0.318 e. The number of hydrogen-bond donors (Lipinski definition) is 14. The second-order valence-electron chi connectivity index (χ2n) is 16.9. The first-order valence-electron chi connectivity index (χ1n) is 23.6. The molecule has 1 saturated heterocycles. The Morgan fingerprint density at radius 2 is 1.26 bits per heavy atom. The molecule has 7 atom stereocenters. The number of nitrogens with one attached hydrogen (secondary N) is 9. The van der Waals surface area contributed by atoms with Gasteiger partial charge in [0, 0.05) is 44.2 Å². The van der Waals surface area contributed by atoms with Crippen LogP contribution in [0.4, 0.5) is 4.79 Å². The number of benzene rings is 1. The van der Waals surface area contributed by atoms with E-state index < -0.39 is 128 Å². The maximum absolute atomic E-state index is 13.7. The van der Waals surface area contributed by atoms with Gasteiger partial charge in [0.05, 0.1) is 51.9 Å². The lowest BCUT2D eigenvalue weighted by atomic mass is 10.0. The third kappa shape index (κ3) is 21.2. The number of aliphatic hydroxyl groups excluding tert-OH is 3. The highest BCUT2D eigenvalue weighted by Gasteiger charge is 2.34. The van der Waals surface area contributed by atoms with Gasteiger partial charge in [0.15, 0.2) is 5.78 Å². The molecule has 0 radical (unpaired) electrons. The number of carbonyl (C=O) groups is 11. The Hall–Kier alpha value is -7.60. The number of carbonyl (C=O) groups excluding carboxylic acids is 11. The van der Waals surface area contributed by atoms with Gasteiger partial charge in [0.25, 0.3) is 6.47 Å². The van der Waals surface area contributed by atoms with Crippen LogP contribution in [0.5, 0.6) is 0 Å². The van der Waals surface area contributed by atoms with Crippen LogP contribution in [-0.2, 0) is 76.9 Å². The second-order valence-corrected chi connectivity index (χ2v) is 16.9. The van der Waals surface area contributed by atoms with E-state index in [4.69, 9.17) is 20.9 Å². The summed E-state index contributed by atoms with van der Waals surface area (Å²) < 4.78 is 9.96. The number of Topliss-reactive ketones (excluding diaryl/α,β-unsaturated/α-hetero) is 1. The summed E-state index contributed by atoms with van der Waals surface area (Å²) in [5, 5.41) is 49.3. The summed E-state index contributed by atoms with van der Waals surface area (Å²) in [6, 6.07) is -4.56. The van der Waals surface area contributed by atoms with Crippen LogP contribution in [0.25, 0.3) is 0 Å². The number of nitrogens with two attached hydrogens (primary N) is 2. The minimum Gasteiger partial charge on any atom is -0.463 e. The number of hydrogen-bond acceptors (Lipinski definition) is 18. The van der Waals surface area contributed by atoms with E-state index in [1.54, 1.807) is 24.3 Å². The number of urea groups is 1. The van der Waals surface area contributed by atoms with E-state index in [1.165, 1.54) is 24.3 Å². The van der Waals surface area contributed by atoms with E-state index in [0.717, 1.165) is 0 Å². The first kappa shape index (κ1) is 60.7. The predicted molar refractivity (Wildman–Crippen MR) is 256 cm³/mol. The zero-order chi connectivity index (χ0) is 54.6. The molecule has 10 amide bonds. The van der Waals surface area contributed by atoms with Gasteiger partial charge in [-0.15, -0.1) is 0 Å². The van der Waals surface area contributed by atoms with E-state index in [9.17, 15) is 68.1 Å². The van der Waals surface area contributed by atoms with Gasteiger partial charge >= 0.3 is 6.03 Å². The fourth-order valence-corrected chi connectivity index (χ4v) is 6.99. The number of aromatic amines is 1. The van der Waals surface area contributed by atoms with Crippen LogP contribution in [-0.4, -0.2) is 197 Å². The van der Waals surface area contributed by atoms with Gasteiger partial charge in [-0.1, -0.05) is 24.3 Å². The normalized spacial score (nSPS) is 15.0. The minimum atomic E-state index is -1.78. The Labute approximate surface area is 424 Å². The Bertz CT molecular complexity index is 2190. The molecule has 0 spiro atoms. The van der Waals surface area contributed by atoms with Crippen LogP contribution < -0.4 is 54.0 Å². The van der Waals surface area contributed by atoms with Crippen molar-refractivity contribution in [1.82, 2.24) is 57.4 Å². The van der Waals surface area contributed by atoms with Crippen molar-refractivity contribution in [3.63, 3.8) is 0 Å². The van der Waals surface area contributed by atoms with E-state index in [2.05, 4.69) is 52.5 Å². The van der Waals surface area contributed by atoms with Crippen molar-refractivity contribution < 1.29 is 77.5 Å². The van der Waals surface area contributed by atoms with Gasteiger partial charge in [-0.05, 0) is 50.3 Å². The average molecular weight is 1050 g/mol. The molecule has 408 valence electrons. The Morgan fingerprint density at radius 3 is 1.77 bits per heavy atom. The third-order valence-corrected chi connectivity index (χ3v) is 11.2. The molecule has 0 saturated carbocycles. The number of amides is 10. The summed E-state index contributed by atoms with van der Waals surface area (Å²) >= 11 is 0. The third-order valence-electron chi connectivity index (χ3n) is 11.2. The lowest BCUT2D eigenvalue weighted by Crippen LogP contribution is -2.61. The monoisotopic (exact) mass is 1050 g/mol. The van der Waals surface area contributed by atoms with Crippen LogP contribution in [0.2, 0.25) is 0 Å². The number of H-pyrrole nitrogens is 1. The highest BCUT2D eigenvalue weighted by molar-refractivity contribution is 5.98. The van der Waals surface area contributed by atoms with E-state index in [1.807, 2.05) is 0 Å². The first-order valence-corrected chi connectivity index (χ1v) is 23.6. The van der Waals surface area contributed by atoms with Crippen LogP contribution in [0.15, 0.2) is 36.8 Å². The molecule has 1 fully saturated rings. The fourth-order valence-electron chi connectivity index (χ4n) is 6.99. The number of primary amides is 1. The standard InChI is InChI=1S/C45H67N13O16/c1-26(36(63)16-27-5-7-28(8-6-27)23-74-25-62)51-38(65)19-49-39(66)31(9-10-37(47)64)53-43(70)33(20-59)54-40(67)30(4-2-3-11-46)52-42(69)34(21-60)56-44(71)35(22-61)55-41(68)32(17-29-18-48-24-50-29)57-45(72)58-12-14-73-15-13-58/h5-8,18,24-26,30-35,59-61H,2-4,9-17,19-23,46H2,1H3,(H2,47,64)(H,48,50)(H,49,66)(H,51,65)(H,52,69)(H,53,70)(H,54,67)(H,55,68)(H,56,71)(H,57,72)/t26?,30?,31?,32-,33-,34-,35-/m1/s1. The van der Waals surface area contributed by atoms with Crippen molar-refractivity contribution in [2.75, 3.05) is 59.2 Å². The molecule has 1 aliphatic heterocycles. The molecule has 16 N–H and O–H groups in total. The number of ether oxygens (including phenoxy) is 2. The maximum atomic E-state index is 13.7. The summed E-state index contributed by atoms with van der Waals surface area (Å²) in [5.74, 6) is -8.36. The molecule has 1 aromatic carbocycles. The predicted octanol–water partition coefficient (Wildman–Crippen LogP) is -6.74. The van der Waals surface area contributed by atoms with Crippen molar-refractivity contribution in [3.8, 4) is 0 Å². The highest BCUT2D eigenvalue weighted by Crippen LogP contribution is 2.09. The molecule has 2 aromatic rings. The molecule has 1 aromatic heterocycles. The number of aliphatic hydroxyl groups is 3. The SMILES string of the molecule is CC(NC(=O)CNC(=O)C(CCC(N)=O)NC(=O)[C@@H](CO)NC(=O)C(CCCCN)NC(=O)[C@@H](CO)NC(=O)[C@@H](CO)NC(=O)[C@@H](Cc1cnc[nH]1)NC(=O)N1CCOCC1)C(=O)Cc1ccc(COC=O)cc1. The second kappa shape index (κ2) is 32.5. The zero-order valence-electron chi connectivity index (χ0n) is 40.8. The summed E-state index contributed by atoms with van der Waals surface area (Å²) in [4.78, 5) is 150. The zero-order valence-corrected chi connectivity index (χ0v) is 40.8. The molecule has 3 rings (SSSR count). The number of morpholine rings is 1. The highest BCUT2D eigenvalue weighted by atomic mass is 16.5. The number of nitrogens with zero attached hydrogens (tertiary/aromatic N) is 2. The molecule has 3 unspecified atom stereocenters. The molecule has 29 nitrogen and oxygen atoms in total. The van der Waals surface area contributed by atoms with E-state index >= 15 is 0 Å². The van der Waals surface area contributed by atoms with E-state index in [-0.39, 0.29) is 77.3 Å². The topological polar surface area (TPSA) is 447 Å². The molecule has 2 heterocycles.